The molecule has 5 heteroatoms. The molecule has 1 aliphatic heterocycles. The lowest BCUT2D eigenvalue weighted by Crippen LogP contribution is -2.44. The minimum absolute atomic E-state index is 0.135. The van der Waals surface area contributed by atoms with Gasteiger partial charge in [0, 0.05) is 54.9 Å². The molecule has 1 aliphatic rings. The fraction of sp³-hybridized carbons (Fsp3) is 0.217. The lowest BCUT2D eigenvalue weighted by Gasteiger charge is -2.34. The van der Waals surface area contributed by atoms with Crippen molar-refractivity contribution in [3.63, 3.8) is 0 Å². The molecule has 2 heterocycles. The number of para-hydroxylation sites is 1. The molecular formula is C23H24N4O. The number of rotatable bonds is 4. The summed E-state index contributed by atoms with van der Waals surface area (Å²) in [5.74, 6) is -0.135. The first-order valence-corrected chi connectivity index (χ1v) is 9.55. The van der Waals surface area contributed by atoms with Crippen LogP contribution in [0.1, 0.15) is 10.4 Å². The van der Waals surface area contributed by atoms with Gasteiger partial charge in [-0.1, -0.05) is 30.3 Å². The van der Waals surface area contributed by atoms with Crippen molar-refractivity contribution in [3.8, 4) is 11.3 Å². The van der Waals surface area contributed by atoms with Crippen LogP contribution in [0.3, 0.4) is 0 Å². The average molecular weight is 372 g/mol. The summed E-state index contributed by atoms with van der Waals surface area (Å²) < 4.78 is 0. The lowest BCUT2D eigenvalue weighted by molar-refractivity contribution is 0.102. The second-order valence-corrected chi connectivity index (χ2v) is 7.09. The number of hydrogen-bond donors (Lipinski definition) is 1. The smallest absolute Gasteiger partial charge is 0.255 e. The van der Waals surface area contributed by atoms with Gasteiger partial charge < -0.3 is 15.1 Å². The highest BCUT2D eigenvalue weighted by atomic mass is 16.1. The fourth-order valence-electron chi connectivity index (χ4n) is 3.36. The first kappa shape index (κ1) is 18.2. The predicted octanol–water partition coefficient (Wildman–Crippen LogP) is 3.75. The molecule has 0 radical (unpaired) electrons. The third kappa shape index (κ3) is 4.21. The van der Waals surface area contributed by atoms with Gasteiger partial charge in [0.2, 0.25) is 0 Å². The van der Waals surface area contributed by atoms with Crippen LogP contribution in [0.25, 0.3) is 11.3 Å². The van der Waals surface area contributed by atoms with Crippen LogP contribution in [0.15, 0.2) is 72.9 Å². The van der Waals surface area contributed by atoms with Crippen molar-refractivity contribution in [2.45, 2.75) is 0 Å². The van der Waals surface area contributed by atoms with E-state index < -0.39 is 0 Å². The number of nitrogens with one attached hydrogen (secondary N) is 1. The number of piperazine rings is 1. The summed E-state index contributed by atoms with van der Waals surface area (Å²) in [6.45, 7) is 4.26. The maximum absolute atomic E-state index is 12.5. The topological polar surface area (TPSA) is 48.5 Å². The van der Waals surface area contributed by atoms with E-state index in [-0.39, 0.29) is 5.91 Å². The van der Waals surface area contributed by atoms with Gasteiger partial charge in [-0.3, -0.25) is 9.78 Å². The van der Waals surface area contributed by atoms with Crippen LogP contribution >= 0.6 is 0 Å². The summed E-state index contributed by atoms with van der Waals surface area (Å²) in [5, 5.41) is 2.92. The average Bonchev–Trinajstić information content (AvgIpc) is 2.75. The van der Waals surface area contributed by atoms with E-state index in [1.165, 1.54) is 5.69 Å². The largest absolute Gasteiger partial charge is 0.369 e. The number of anilines is 2. The minimum atomic E-state index is -0.135. The fourth-order valence-corrected chi connectivity index (χ4v) is 3.36. The van der Waals surface area contributed by atoms with E-state index in [0.29, 0.717) is 5.56 Å². The van der Waals surface area contributed by atoms with E-state index in [4.69, 9.17) is 0 Å². The Hall–Kier alpha value is -3.18. The Morgan fingerprint density at radius 1 is 0.929 bits per heavy atom. The Morgan fingerprint density at radius 3 is 2.36 bits per heavy atom. The highest BCUT2D eigenvalue weighted by Crippen LogP contribution is 2.23. The number of carbonyl (C=O) groups is 1. The normalized spacial score (nSPS) is 14.7. The maximum atomic E-state index is 12.5. The Bertz CT molecular complexity index is 932. The molecule has 0 bridgehead atoms. The van der Waals surface area contributed by atoms with Gasteiger partial charge in [-0.2, -0.15) is 0 Å². The van der Waals surface area contributed by atoms with E-state index >= 15 is 0 Å². The standard InChI is InChI=1S/C23H24N4O/c1-26-13-15-27(16-14-26)21-9-7-18(8-10-21)22-17-19(11-12-24-22)23(28)25-20-5-3-2-4-6-20/h2-12,17H,13-16H2,1H3,(H,25,28). The molecule has 1 saturated heterocycles. The van der Waals surface area contributed by atoms with Crippen LogP contribution in [0.2, 0.25) is 0 Å². The third-order valence-electron chi connectivity index (χ3n) is 5.09. The number of nitrogens with zero attached hydrogens (tertiary/aromatic N) is 3. The van der Waals surface area contributed by atoms with Gasteiger partial charge in [0.05, 0.1) is 5.69 Å². The van der Waals surface area contributed by atoms with Crippen molar-refractivity contribution in [3.05, 3.63) is 78.5 Å². The van der Waals surface area contributed by atoms with Crippen molar-refractivity contribution in [1.82, 2.24) is 9.88 Å². The van der Waals surface area contributed by atoms with Crippen LogP contribution < -0.4 is 10.2 Å². The molecule has 3 aromatic rings. The summed E-state index contributed by atoms with van der Waals surface area (Å²) in [7, 11) is 2.16. The minimum Gasteiger partial charge on any atom is -0.369 e. The molecule has 0 spiro atoms. The van der Waals surface area contributed by atoms with Crippen molar-refractivity contribution in [1.29, 1.82) is 0 Å². The third-order valence-corrected chi connectivity index (χ3v) is 5.09. The van der Waals surface area contributed by atoms with Crippen molar-refractivity contribution in [2.24, 2.45) is 0 Å². The lowest BCUT2D eigenvalue weighted by atomic mass is 10.1. The highest BCUT2D eigenvalue weighted by Gasteiger charge is 2.14. The Morgan fingerprint density at radius 2 is 1.64 bits per heavy atom. The zero-order chi connectivity index (χ0) is 19.3. The molecule has 5 nitrogen and oxygen atoms in total. The number of aromatic nitrogens is 1. The molecule has 0 atom stereocenters. The monoisotopic (exact) mass is 372 g/mol. The van der Waals surface area contributed by atoms with E-state index in [9.17, 15) is 4.79 Å². The second kappa shape index (κ2) is 8.23. The van der Waals surface area contributed by atoms with Gasteiger partial charge in [-0.05, 0) is 43.4 Å². The predicted molar refractivity (Wildman–Crippen MR) is 114 cm³/mol. The maximum Gasteiger partial charge on any atom is 0.255 e. The quantitative estimate of drug-likeness (QED) is 0.758. The Labute approximate surface area is 165 Å². The zero-order valence-corrected chi connectivity index (χ0v) is 16.0. The number of amides is 1. The molecule has 142 valence electrons. The van der Waals surface area contributed by atoms with E-state index in [1.54, 1.807) is 12.3 Å². The highest BCUT2D eigenvalue weighted by molar-refractivity contribution is 6.04. The summed E-state index contributed by atoms with van der Waals surface area (Å²) in [6.07, 6.45) is 1.68. The molecule has 4 rings (SSSR count). The number of hydrogen-bond acceptors (Lipinski definition) is 4. The molecule has 1 aromatic heterocycles. The molecule has 1 N–H and O–H groups in total. The van der Waals surface area contributed by atoms with Crippen molar-refractivity contribution in [2.75, 3.05) is 43.4 Å². The summed E-state index contributed by atoms with van der Waals surface area (Å²) in [5.41, 5.74) is 4.41. The molecule has 0 saturated carbocycles. The Balaban J connectivity index is 1.49. The number of benzene rings is 2. The number of pyridine rings is 1. The van der Waals surface area contributed by atoms with Gasteiger partial charge in [0.15, 0.2) is 0 Å². The first-order valence-electron chi connectivity index (χ1n) is 9.55. The molecule has 0 unspecified atom stereocenters. The molecule has 2 aromatic carbocycles. The molecule has 28 heavy (non-hydrogen) atoms. The van der Waals surface area contributed by atoms with Gasteiger partial charge in [-0.25, -0.2) is 0 Å². The van der Waals surface area contributed by atoms with Crippen molar-refractivity contribution < 1.29 is 4.79 Å². The Kier molecular flexibility index (Phi) is 5.35. The van der Waals surface area contributed by atoms with E-state index in [0.717, 1.165) is 43.1 Å². The van der Waals surface area contributed by atoms with Crippen LogP contribution in [0.5, 0.6) is 0 Å². The van der Waals surface area contributed by atoms with Crippen LogP contribution in [-0.2, 0) is 0 Å². The molecular weight excluding hydrogens is 348 g/mol. The van der Waals surface area contributed by atoms with Gasteiger partial charge in [-0.15, -0.1) is 0 Å². The van der Waals surface area contributed by atoms with Crippen LogP contribution in [0.4, 0.5) is 11.4 Å². The number of likely N-dealkylation sites (N-methyl/N-ethyl adjacent to an activating group) is 1. The zero-order valence-electron chi connectivity index (χ0n) is 16.0. The first-order chi connectivity index (χ1) is 13.7. The van der Waals surface area contributed by atoms with Crippen LogP contribution in [-0.4, -0.2) is 49.0 Å². The summed E-state index contributed by atoms with van der Waals surface area (Å²) in [4.78, 5) is 21.7. The van der Waals surface area contributed by atoms with Gasteiger partial charge >= 0.3 is 0 Å². The van der Waals surface area contributed by atoms with Gasteiger partial charge in [0.1, 0.15) is 0 Å². The van der Waals surface area contributed by atoms with E-state index in [2.05, 4.69) is 51.4 Å². The van der Waals surface area contributed by atoms with Gasteiger partial charge in [0.25, 0.3) is 5.91 Å². The summed E-state index contributed by atoms with van der Waals surface area (Å²) in [6, 6.07) is 21.5. The SMILES string of the molecule is CN1CCN(c2ccc(-c3cc(C(=O)Nc4ccccc4)ccn3)cc2)CC1. The van der Waals surface area contributed by atoms with Crippen LogP contribution in [0, 0.1) is 0 Å². The molecule has 1 amide bonds. The molecule has 1 fully saturated rings. The van der Waals surface area contributed by atoms with Crippen molar-refractivity contribution >= 4 is 17.3 Å². The van der Waals surface area contributed by atoms with E-state index in [1.807, 2.05) is 36.4 Å². The number of carbonyl (C=O) groups excluding carboxylic acids is 1. The molecule has 0 aliphatic carbocycles. The second-order valence-electron chi connectivity index (χ2n) is 7.09. The summed E-state index contributed by atoms with van der Waals surface area (Å²) >= 11 is 0.